The van der Waals surface area contributed by atoms with Crippen LogP contribution in [0.4, 0.5) is 23.4 Å². The minimum atomic E-state index is -4.53. The highest BCUT2D eigenvalue weighted by Gasteiger charge is 2.31. The summed E-state index contributed by atoms with van der Waals surface area (Å²) >= 11 is 0. The molecule has 1 N–H and O–H groups in total. The maximum Gasteiger partial charge on any atom is 0.416 e. The maximum absolute atomic E-state index is 13.3. The van der Waals surface area contributed by atoms with E-state index in [9.17, 15) is 22.4 Å². The normalized spacial score (nSPS) is 11.7. The predicted octanol–water partition coefficient (Wildman–Crippen LogP) is 5.49. The van der Waals surface area contributed by atoms with E-state index in [4.69, 9.17) is 0 Å². The molecule has 0 saturated carbocycles. The Balaban J connectivity index is 1.99. The summed E-state index contributed by atoms with van der Waals surface area (Å²) in [5, 5.41) is 6.92. The average molecular weight is 428 g/mol. The number of rotatable bonds is 3. The number of nitrogens with one attached hydrogen (secondary N) is 1. The van der Waals surface area contributed by atoms with Crippen LogP contribution >= 0.6 is 0 Å². The summed E-state index contributed by atoms with van der Waals surface area (Å²) < 4.78 is 54.6. The third-order valence-electron chi connectivity index (χ3n) is 4.68. The Hall–Kier alpha value is -3.75. The van der Waals surface area contributed by atoms with Crippen LogP contribution in [0.2, 0.25) is 0 Å². The van der Waals surface area contributed by atoms with E-state index < -0.39 is 23.5 Å². The van der Waals surface area contributed by atoms with E-state index in [2.05, 4.69) is 15.4 Å². The smallest absolute Gasteiger partial charge is 0.309 e. The Morgan fingerprint density at radius 3 is 2.39 bits per heavy atom. The van der Waals surface area contributed by atoms with Gasteiger partial charge in [0.05, 0.1) is 16.8 Å². The summed E-state index contributed by atoms with van der Waals surface area (Å²) in [5.74, 6) is -0.727. The molecule has 0 radical (unpaired) electrons. The second-order valence-corrected chi connectivity index (χ2v) is 7.01. The zero-order valence-electron chi connectivity index (χ0n) is 16.5. The van der Waals surface area contributed by atoms with Crippen molar-refractivity contribution in [3.63, 3.8) is 0 Å². The molecular formula is C22H16F4N4O. The summed E-state index contributed by atoms with van der Waals surface area (Å²) in [7, 11) is 0. The van der Waals surface area contributed by atoms with Crippen LogP contribution in [0.3, 0.4) is 0 Å². The Labute approximate surface area is 174 Å². The first kappa shape index (κ1) is 20.5. The number of hydrogen-bond acceptors (Lipinski definition) is 3. The van der Waals surface area contributed by atoms with Gasteiger partial charge in [-0.3, -0.25) is 4.79 Å². The molecule has 158 valence electrons. The number of fused-ring (bicyclic) bond motifs is 1. The SMILES string of the molecule is CC(=O)Nc1nn2c(C)cc(-c3ccc(F)cc3)nc2c1-c1cccc(C(F)(F)F)c1. The monoisotopic (exact) mass is 428 g/mol. The van der Waals surface area contributed by atoms with Gasteiger partial charge in [-0.1, -0.05) is 12.1 Å². The summed E-state index contributed by atoms with van der Waals surface area (Å²) in [6.07, 6.45) is -4.53. The molecule has 0 aliphatic rings. The second kappa shape index (κ2) is 7.50. The lowest BCUT2D eigenvalue weighted by Gasteiger charge is -2.10. The van der Waals surface area contributed by atoms with E-state index in [-0.39, 0.29) is 22.6 Å². The number of halogens is 4. The fraction of sp³-hybridized carbons (Fsp3) is 0.136. The zero-order valence-corrected chi connectivity index (χ0v) is 16.5. The molecule has 0 saturated heterocycles. The molecule has 2 aromatic heterocycles. The maximum atomic E-state index is 13.3. The Morgan fingerprint density at radius 2 is 1.74 bits per heavy atom. The number of anilines is 1. The van der Waals surface area contributed by atoms with Crippen LogP contribution in [0.1, 0.15) is 18.2 Å². The van der Waals surface area contributed by atoms with Gasteiger partial charge in [0, 0.05) is 18.2 Å². The topological polar surface area (TPSA) is 59.3 Å². The second-order valence-electron chi connectivity index (χ2n) is 7.01. The fourth-order valence-electron chi connectivity index (χ4n) is 3.30. The van der Waals surface area contributed by atoms with Gasteiger partial charge in [0.15, 0.2) is 11.5 Å². The van der Waals surface area contributed by atoms with Gasteiger partial charge in [0.2, 0.25) is 5.91 Å². The van der Waals surface area contributed by atoms with E-state index in [0.717, 1.165) is 12.1 Å². The van der Waals surface area contributed by atoms with Gasteiger partial charge in [-0.15, -0.1) is 5.10 Å². The largest absolute Gasteiger partial charge is 0.416 e. The van der Waals surface area contributed by atoms with Gasteiger partial charge in [0.25, 0.3) is 0 Å². The van der Waals surface area contributed by atoms with E-state index in [0.29, 0.717) is 17.0 Å². The Kier molecular flexibility index (Phi) is 4.96. The summed E-state index contributed by atoms with van der Waals surface area (Å²) in [5.41, 5.74) is 1.66. The Bertz CT molecular complexity index is 1290. The molecule has 0 fully saturated rings. The highest BCUT2D eigenvalue weighted by atomic mass is 19.4. The van der Waals surface area contributed by atoms with E-state index in [1.807, 2.05) is 0 Å². The molecule has 2 heterocycles. The van der Waals surface area contributed by atoms with Crippen molar-refractivity contribution >= 4 is 17.4 Å². The number of carbonyl (C=O) groups excluding carboxylic acids is 1. The van der Waals surface area contributed by atoms with Crippen molar-refractivity contribution in [1.29, 1.82) is 0 Å². The van der Waals surface area contributed by atoms with Crippen LogP contribution in [0.25, 0.3) is 28.0 Å². The van der Waals surface area contributed by atoms with Gasteiger partial charge < -0.3 is 5.32 Å². The molecule has 2 aromatic carbocycles. The molecule has 1 amide bonds. The molecule has 4 aromatic rings. The fourth-order valence-corrected chi connectivity index (χ4v) is 3.30. The van der Waals surface area contributed by atoms with Crippen molar-refractivity contribution < 1.29 is 22.4 Å². The van der Waals surface area contributed by atoms with Crippen molar-refractivity contribution in [2.75, 3.05) is 5.32 Å². The summed E-state index contributed by atoms with van der Waals surface area (Å²) in [6, 6.07) is 12.2. The molecule has 9 heteroatoms. The first-order chi connectivity index (χ1) is 14.6. The highest BCUT2D eigenvalue weighted by molar-refractivity contribution is 5.97. The molecule has 5 nitrogen and oxygen atoms in total. The van der Waals surface area contributed by atoms with Gasteiger partial charge in [-0.2, -0.15) is 13.2 Å². The molecule has 4 rings (SSSR count). The van der Waals surface area contributed by atoms with Gasteiger partial charge in [-0.25, -0.2) is 13.9 Å². The number of hydrogen-bond donors (Lipinski definition) is 1. The summed E-state index contributed by atoms with van der Waals surface area (Å²) in [6.45, 7) is 3.03. The number of carbonyl (C=O) groups is 1. The number of benzene rings is 2. The van der Waals surface area contributed by atoms with Crippen LogP contribution in [-0.4, -0.2) is 20.5 Å². The third kappa shape index (κ3) is 3.98. The van der Waals surface area contributed by atoms with Crippen molar-refractivity contribution in [1.82, 2.24) is 14.6 Å². The molecule has 0 bridgehead atoms. The zero-order chi connectivity index (χ0) is 22.3. The van der Waals surface area contributed by atoms with Crippen LogP contribution in [0.15, 0.2) is 54.6 Å². The van der Waals surface area contributed by atoms with Crippen molar-refractivity contribution in [3.8, 4) is 22.4 Å². The quantitative estimate of drug-likeness (QED) is 0.439. The van der Waals surface area contributed by atoms with Crippen molar-refractivity contribution in [2.24, 2.45) is 0 Å². The minimum Gasteiger partial charge on any atom is -0.309 e. The number of aryl methyl sites for hydroxylation is 1. The molecule has 0 spiro atoms. The first-order valence-electron chi connectivity index (χ1n) is 9.25. The molecule has 0 atom stereocenters. The molecule has 0 unspecified atom stereocenters. The highest BCUT2D eigenvalue weighted by Crippen LogP contribution is 2.37. The van der Waals surface area contributed by atoms with Gasteiger partial charge in [0.1, 0.15) is 5.82 Å². The van der Waals surface area contributed by atoms with Crippen LogP contribution in [0, 0.1) is 12.7 Å². The lowest BCUT2D eigenvalue weighted by atomic mass is 10.0. The van der Waals surface area contributed by atoms with E-state index in [1.54, 1.807) is 25.1 Å². The number of amides is 1. The average Bonchev–Trinajstić information content (AvgIpc) is 3.06. The van der Waals surface area contributed by atoms with Gasteiger partial charge >= 0.3 is 6.18 Å². The summed E-state index contributed by atoms with van der Waals surface area (Å²) in [4.78, 5) is 16.3. The molecular weight excluding hydrogens is 412 g/mol. The van der Waals surface area contributed by atoms with Gasteiger partial charge in [-0.05, 0) is 55.0 Å². The van der Waals surface area contributed by atoms with E-state index >= 15 is 0 Å². The van der Waals surface area contributed by atoms with Crippen molar-refractivity contribution in [3.05, 3.63) is 71.7 Å². The molecule has 31 heavy (non-hydrogen) atoms. The first-order valence-corrected chi connectivity index (χ1v) is 9.25. The number of alkyl halides is 3. The molecule has 0 aliphatic carbocycles. The lowest BCUT2D eigenvalue weighted by Crippen LogP contribution is -2.08. The molecule has 0 aliphatic heterocycles. The van der Waals surface area contributed by atoms with Crippen LogP contribution in [0.5, 0.6) is 0 Å². The Morgan fingerprint density at radius 1 is 1.03 bits per heavy atom. The predicted molar refractivity (Wildman–Crippen MR) is 108 cm³/mol. The minimum absolute atomic E-state index is 0.0960. The lowest BCUT2D eigenvalue weighted by molar-refractivity contribution is -0.137. The standard InChI is InChI=1S/C22H16F4N4O/c1-12-10-18(14-6-8-17(23)9-7-14)28-21-19(20(27-13(2)31)29-30(12)21)15-4-3-5-16(11-15)22(24,25)26/h3-11H,1-2H3,(H,27,29,31). The van der Waals surface area contributed by atoms with Crippen LogP contribution < -0.4 is 5.32 Å². The number of nitrogens with zero attached hydrogens (tertiary/aromatic N) is 3. The number of aromatic nitrogens is 3. The van der Waals surface area contributed by atoms with Crippen molar-refractivity contribution in [2.45, 2.75) is 20.0 Å². The third-order valence-corrected chi connectivity index (χ3v) is 4.68. The van der Waals surface area contributed by atoms with Crippen LogP contribution in [-0.2, 0) is 11.0 Å². The van der Waals surface area contributed by atoms with E-state index in [1.165, 1.54) is 35.7 Å².